The molecule has 0 saturated carbocycles. The third-order valence-electron chi connectivity index (χ3n) is 4.41. The van der Waals surface area contributed by atoms with Gasteiger partial charge in [0.15, 0.2) is 9.84 Å². The first-order valence-electron chi connectivity index (χ1n) is 7.69. The molecule has 0 atom stereocenters. The van der Waals surface area contributed by atoms with Gasteiger partial charge in [0.25, 0.3) is 0 Å². The van der Waals surface area contributed by atoms with Crippen molar-refractivity contribution in [2.75, 3.05) is 12.0 Å². The van der Waals surface area contributed by atoms with Crippen LogP contribution in [0.3, 0.4) is 0 Å². The van der Waals surface area contributed by atoms with E-state index in [-0.39, 0.29) is 0 Å². The van der Waals surface area contributed by atoms with Crippen LogP contribution < -0.4 is 5.73 Å². The molecule has 0 aliphatic heterocycles. The molecule has 122 valence electrons. The lowest BCUT2D eigenvalue weighted by Gasteiger charge is -2.19. The zero-order chi connectivity index (χ0) is 16.9. The summed E-state index contributed by atoms with van der Waals surface area (Å²) >= 11 is 0. The number of aryl methyl sites for hydroxylation is 2. The minimum absolute atomic E-state index is 0.303. The highest BCUT2D eigenvalue weighted by atomic mass is 32.2. The quantitative estimate of drug-likeness (QED) is 0.728. The second-order valence-corrected chi connectivity index (χ2v) is 8.13. The van der Waals surface area contributed by atoms with Gasteiger partial charge in [-0.15, -0.1) is 0 Å². The van der Waals surface area contributed by atoms with Crippen molar-refractivity contribution < 1.29 is 8.42 Å². The minimum atomic E-state index is -3.21. The molecule has 3 aromatic rings. The highest BCUT2D eigenvalue weighted by molar-refractivity contribution is 7.90. The Hall–Kier alpha value is -2.60. The van der Waals surface area contributed by atoms with Crippen molar-refractivity contribution in [2.24, 2.45) is 0 Å². The Kier molecular flexibility index (Phi) is 3.25. The van der Waals surface area contributed by atoms with Crippen LogP contribution in [0.25, 0.3) is 16.9 Å². The third-order valence-corrected chi connectivity index (χ3v) is 5.54. The van der Waals surface area contributed by atoms with Gasteiger partial charge in [0, 0.05) is 17.5 Å². The van der Waals surface area contributed by atoms with Crippen molar-refractivity contribution in [3.63, 3.8) is 0 Å². The maximum Gasteiger partial charge on any atom is 0.175 e. The number of nitrogens with two attached hydrogens (primary N) is 1. The molecule has 1 aliphatic rings. The smallest absolute Gasteiger partial charge is 0.175 e. The van der Waals surface area contributed by atoms with Gasteiger partial charge < -0.3 is 5.73 Å². The van der Waals surface area contributed by atoms with E-state index < -0.39 is 9.84 Å². The topological polar surface area (TPSA) is 78.0 Å². The van der Waals surface area contributed by atoms with Crippen molar-refractivity contribution in [3.05, 3.63) is 59.8 Å². The monoisotopic (exact) mass is 339 g/mol. The summed E-state index contributed by atoms with van der Waals surface area (Å²) < 4.78 is 25.1. The second kappa shape index (κ2) is 5.21. The third kappa shape index (κ3) is 2.39. The van der Waals surface area contributed by atoms with E-state index in [1.165, 1.54) is 17.4 Å². The minimum Gasteiger partial charge on any atom is -0.399 e. The first kappa shape index (κ1) is 15.0. The fraction of sp³-hybridized carbons (Fsp3) is 0.167. The molecule has 0 fully saturated rings. The Labute approximate surface area is 140 Å². The molecule has 24 heavy (non-hydrogen) atoms. The number of nitrogen functional groups attached to an aromatic ring is 1. The molecular weight excluding hydrogens is 322 g/mol. The number of fused-ring (bicyclic) bond motifs is 3. The fourth-order valence-corrected chi connectivity index (χ4v) is 3.81. The summed E-state index contributed by atoms with van der Waals surface area (Å²) in [7, 11) is -3.21. The van der Waals surface area contributed by atoms with E-state index in [1.807, 2.05) is 23.0 Å². The van der Waals surface area contributed by atoms with Gasteiger partial charge in [-0.1, -0.05) is 6.07 Å². The van der Waals surface area contributed by atoms with Crippen molar-refractivity contribution in [2.45, 2.75) is 17.7 Å². The van der Waals surface area contributed by atoms with Gasteiger partial charge >= 0.3 is 0 Å². The molecule has 2 N–H and O–H groups in total. The summed E-state index contributed by atoms with van der Waals surface area (Å²) in [6.07, 6.45) is 5.00. The second-order valence-electron chi connectivity index (χ2n) is 6.11. The lowest BCUT2D eigenvalue weighted by atomic mass is 9.90. The van der Waals surface area contributed by atoms with Crippen LogP contribution in [0.1, 0.15) is 11.1 Å². The van der Waals surface area contributed by atoms with Gasteiger partial charge in [0.2, 0.25) is 0 Å². The van der Waals surface area contributed by atoms with Crippen LogP contribution in [0.15, 0.2) is 53.6 Å². The van der Waals surface area contributed by atoms with Gasteiger partial charge in [-0.05, 0) is 60.4 Å². The standard InChI is InChI=1S/C18H17N3O2S/c1-24(22,23)16-8-6-15(7-9-16)21-18-13(11-20-21)3-2-12-4-5-14(19)10-17(12)18/h4-11H,2-3,19H2,1H3. The molecule has 2 aromatic carbocycles. The van der Waals surface area contributed by atoms with E-state index >= 15 is 0 Å². The van der Waals surface area contributed by atoms with Crippen LogP contribution in [-0.4, -0.2) is 24.5 Å². The maximum atomic E-state index is 11.6. The van der Waals surface area contributed by atoms with Gasteiger partial charge in [0.05, 0.1) is 22.5 Å². The molecule has 6 heteroatoms. The molecule has 0 saturated heterocycles. The van der Waals surface area contributed by atoms with Crippen LogP contribution in [0.2, 0.25) is 0 Å². The van der Waals surface area contributed by atoms with E-state index in [4.69, 9.17) is 5.73 Å². The van der Waals surface area contributed by atoms with Crippen LogP contribution in [0, 0.1) is 0 Å². The maximum absolute atomic E-state index is 11.6. The van der Waals surface area contributed by atoms with Crippen LogP contribution >= 0.6 is 0 Å². The highest BCUT2D eigenvalue weighted by Crippen LogP contribution is 2.36. The molecule has 4 rings (SSSR count). The first-order valence-corrected chi connectivity index (χ1v) is 9.59. The number of nitrogens with zero attached hydrogens (tertiary/aromatic N) is 2. The van der Waals surface area contributed by atoms with Gasteiger partial charge in [0.1, 0.15) is 0 Å². The number of hydrogen-bond donors (Lipinski definition) is 1. The summed E-state index contributed by atoms with van der Waals surface area (Å²) in [4.78, 5) is 0.303. The van der Waals surface area contributed by atoms with Crippen LogP contribution in [-0.2, 0) is 22.7 Å². The number of anilines is 1. The Bertz CT molecular complexity index is 1030. The normalized spacial score (nSPS) is 13.4. The van der Waals surface area contributed by atoms with E-state index in [1.54, 1.807) is 24.3 Å². The molecule has 0 amide bonds. The summed E-state index contributed by atoms with van der Waals surface area (Å²) in [6.45, 7) is 0. The number of aromatic nitrogens is 2. The largest absolute Gasteiger partial charge is 0.399 e. The van der Waals surface area contributed by atoms with E-state index in [9.17, 15) is 8.42 Å². The predicted octanol–water partition coefficient (Wildman–Crippen LogP) is 2.62. The lowest BCUT2D eigenvalue weighted by molar-refractivity contribution is 0.602. The lowest BCUT2D eigenvalue weighted by Crippen LogP contribution is -2.08. The average molecular weight is 339 g/mol. The number of sulfone groups is 1. The number of benzene rings is 2. The Morgan fingerprint density at radius 1 is 1.04 bits per heavy atom. The zero-order valence-corrected chi connectivity index (χ0v) is 14.0. The summed E-state index contributed by atoms with van der Waals surface area (Å²) in [6, 6.07) is 12.8. The average Bonchev–Trinajstić information content (AvgIpc) is 2.98. The molecule has 1 aliphatic carbocycles. The molecule has 0 radical (unpaired) electrons. The van der Waals surface area contributed by atoms with Crippen molar-refractivity contribution in [1.29, 1.82) is 0 Å². The Morgan fingerprint density at radius 2 is 1.75 bits per heavy atom. The van der Waals surface area contributed by atoms with Crippen LogP contribution in [0.4, 0.5) is 5.69 Å². The summed E-state index contributed by atoms with van der Waals surface area (Å²) in [5, 5.41) is 4.51. The predicted molar refractivity (Wildman–Crippen MR) is 93.9 cm³/mol. The van der Waals surface area contributed by atoms with E-state index in [2.05, 4.69) is 11.2 Å². The molecule has 5 nitrogen and oxygen atoms in total. The first-order chi connectivity index (χ1) is 11.4. The molecular formula is C18H17N3O2S. The van der Waals surface area contributed by atoms with Crippen LogP contribution in [0.5, 0.6) is 0 Å². The molecule has 1 heterocycles. The van der Waals surface area contributed by atoms with Gasteiger partial charge in [-0.2, -0.15) is 5.10 Å². The molecule has 0 unspecified atom stereocenters. The van der Waals surface area contributed by atoms with Crippen molar-refractivity contribution >= 4 is 15.5 Å². The number of hydrogen-bond acceptors (Lipinski definition) is 4. The molecule has 1 aromatic heterocycles. The van der Waals surface area contributed by atoms with Crippen molar-refractivity contribution in [1.82, 2.24) is 9.78 Å². The van der Waals surface area contributed by atoms with Gasteiger partial charge in [-0.25, -0.2) is 13.1 Å². The Morgan fingerprint density at radius 3 is 2.46 bits per heavy atom. The van der Waals surface area contributed by atoms with E-state index in [0.29, 0.717) is 4.90 Å². The Balaban J connectivity index is 1.87. The zero-order valence-electron chi connectivity index (χ0n) is 13.2. The SMILES string of the molecule is CS(=O)(=O)c1ccc(-n2ncc3c2-c2cc(N)ccc2CC3)cc1. The summed E-state index contributed by atoms with van der Waals surface area (Å²) in [5.41, 5.74) is 12.1. The van der Waals surface area contributed by atoms with Crippen molar-refractivity contribution in [3.8, 4) is 16.9 Å². The fourth-order valence-electron chi connectivity index (χ4n) is 3.18. The molecule has 0 bridgehead atoms. The highest BCUT2D eigenvalue weighted by Gasteiger charge is 2.22. The van der Waals surface area contributed by atoms with E-state index in [0.717, 1.165) is 35.5 Å². The summed E-state index contributed by atoms with van der Waals surface area (Å²) in [5.74, 6) is 0. The van der Waals surface area contributed by atoms with Gasteiger partial charge in [-0.3, -0.25) is 0 Å². The number of rotatable bonds is 2. The molecule has 0 spiro atoms.